The Kier molecular flexibility index (Phi) is 4.92. The fourth-order valence-electron chi connectivity index (χ4n) is 1.26. The molecule has 0 bridgehead atoms. The van der Waals surface area contributed by atoms with E-state index in [-0.39, 0.29) is 0 Å². The van der Waals surface area contributed by atoms with E-state index >= 15 is 0 Å². The van der Waals surface area contributed by atoms with Crippen LogP contribution in [-0.4, -0.2) is 32.7 Å². The van der Waals surface area contributed by atoms with Crippen molar-refractivity contribution in [3.8, 4) is 11.1 Å². The van der Waals surface area contributed by atoms with Gasteiger partial charge in [0, 0.05) is 0 Å². The molecule has 0 spiro atoms. The van der Waals surface area contributed by atoms with E-state index in [1.165, 1.54) is 11.1 Å². The molecule has 2 aromatic rings. The molecule has 0 unspecified atom stereocenters. The Bertz CT molecular complexity index is 369. The van der Waals surface area contributed by atoms with Gasteiger partial charge in [0.1, 0.15) is 0 Å². The van der Waals surface area contributed by atoms with Crippen molar-refractivity contribution in [3.05, 3.63) is 60.7 Å². The fourth-order valence-corrected chi connectivity index (χ4v) is 1.26. The summed E-state index contributed by atoms with van der Waals surface area (Å²) in [5, 5.41) is 0. The average molecular weight is 228 g/mol. The van der Waals surface area contributed by atoms with Gasteiger partial charge >= 0.3 is 0 Å². The second-order valence-electron chi connectivity index (χ2n) is 5.42. The summed E-state index contributed by atoms with van der Waals surface area (Å²) in [6.07, 6.45) is 0. The highest BCUT2D eigenvalue weighted by atomic mass is 15.2. The first-order chi connectivity index (χ1) is 7.97. The van der Waals surface area contributed by atoms with Crippen molar-refractivity contribution in [2.24, 2.45) is 0 Å². The molecule has 0 radical (unpaired) electrons. The highest BCUT2D eigenvalue weighted by Crippen LogP contribution is 2.17. The molecule has 0 fully saturated rings. The Balaban J connectivity index is 0.000000249. The molecule has 0 atom stereocenters. The molecule has 0 amide bonds. The predicted molar refractivity (Wildman–Crippen MR) is 75.8 cm³/mol. The SMILES string of the molecule is C[N+](C)(C)C.c1ccc(-c2ccccc2)cc1. The van der Waals surface area contributed by atoms with Crippen LogP contribution in [0.25, 0.3) is 11.1 Å². The molecule has 0 heterocycles. The van der Waals surface area contributed by atoms with Gasteiger partial charge in [-0.3, -0.25) is 0 Å². The van der Waals surface area contributed by atoms with Gasteiger partial charge in [-0.25, -0.2) is 0 Å². The molecular formula is C16H22N+. The van der Waals surface area contributed by atoms with Crippen molar-refractivity contribution < 1.29 is 4.48 Å². The second-order valence-corrected chi connectivity index (χ2v) is 5.42. The highest BCUT2D eigenvalue weighted by Gasteiger charge is 1.91. The summed E-state index contributed by atoms with van der Waals surface area (Å²) in [5.41, 5.74) is 2.55. The van der Waals surface area contributed by atoms with E-state index in [9.17, 15) is 0 Å². The molecule has 90 valence electrons. The van der Waals surface area contributed by atoms with Crippen LogP contribution in [0.1, 0.15) is 0 Å². The number of benzene rings is 2. The molecule has 0 saturated heterocycles. The highest BCUT2D eigenvalue weighted by molar-refractivity contribution is 5.62. The van der Waals surface area contributed by atoms with Gasteiger partial charge < -0.3 is 4.48 Å². The van der Waals surface area contributed by atoms with E-state index in [2.05, 4.69) is 76.7 Å². The van der Waals surface area contributed by atoms with Gasteiger partial charge in [0.05, 0.1) is 28.2 Å². The molecule has 0 aliphatic rings. The Morgan fingerprint density at radius 2 is 0.765 bits per heavy atom. The number of nitrogens with zero attached hydrogens (tertiary/aromatic N) is 1. The minimum absolute atomic E-state index is 1.00. The quantitative estimate of drug-likeness (QED) is 0.653. The zero-order valence-corrected chi connectivity index (χ0v) is 11.2. The molecule has 0 aromatic heterocycles. The van der Waals surface area contributed by atoms with Crippen molar-refractivity contribution in [2.45, 2.75) is 0 Å². The van der Waals surface area contributed by atoms with E-state index in [4.69, 9.17) is 0 Å². The minimum atomic E-state index is 1.00. The molecule has 0 N–H and O–H groups in total. The molecule has 0 aliphatic carbocycles. The van der Waals surface area contributed by atoms with Gasteiger partial charge in [-0.15, -0.1) is 0 Å². The number of rotatable bonds is 1. The Hall–Kier alpha value is -1.60. The number of quaternary nitrogens is 1. The van der Waals surface area contributed by atoms with Gasteiger partial charge in [-0.2, -0.15) is 0 Å². The number of hydrogen-bond donors (Lipinski definition) is 0. The molecule has 1 heteroatoms. The molecular weight excluding hydrogens is 206 g/mol. The summed E-state index contributed by atoms with van der Waals surface area (Å²) in [6, 6.07) is 20.8. The van der Waals surface area contributed by atoms with Crippen LogP contribution in [0.15, 0.2) is 60.7 Å². The van der Waals surface area contributed by atoms with Crippen LogP contribution in [0.2, 0.25) is 0 Å². The first kappa shape index (κ1) is 13.5. The van der Waals surface area contributed by atoms with Crippen LogP contribution in [0.5, 0.6) is 0 Å². The molecule has 0 saturated carbocycles. The Morgan fingerprint density at radius 1 is 0.529 bits per heavy atom. The Labute approximate surface area is 105 Å². The summed E-state index contributed by atoms with van der Waals surface area (Å²) in [7, 11) is 8.50. The molecule has 2 rings (SSSR count). The van der Waals surface area contributed by atoms with Gasteiger partial charge in [0.25, 0.3) is 0 Å². The summed E-state index contributed by atoms with van der Waals surface area (Å²) < 4.78 is 1.00. The monoisotopic (exact) mass is 228 g/mol. The maximum atomic E-state index is 2.12. The third-order valence-corrected chi connectivity index (χ3v) is 1.88. The summed E-state index contributed by atoms with van der Waals surface area (Å²) in [5.74, 6) is 0. The Morgan fingerprint density at radius 3 is 1.00 bits per heavy atom. The normalized spacial score (nSPS) is 10.4. The minimum Gasteiger partial charge on any atom is -0.333 e. The van der Waals surface area contributed by atoms with E-state index in [1.54, 1.807) is 0 Å². The van der Waals surface area contributed by atoms with E-state index in [0.717, 1.165) is 4.48 Å². The molecule has 0 aliphatic heterocycles. The van der Waals surface area contributed by atoms with Crippen LogP contribution >= 0.6 is 0 Å². The lowest BCUT2D eigenvalue weighted by atomic mass is 10.1. The first-order valence-corrected chi connectivity index (χ1v) is 5.86. The third-order valence-electron chi connectivity index (χ3n) is 1.88. The van der Waals surface area contributed by atoms with Gasteiger partial charge in [0.2, 0.25) is 0 Å². The maximum absolute atomic E-state index is 2.12. The summed E-state index contributed by atoms with van der Waals surface area (Å²) in [4.78, 5) is 0. The van der Waals surface area contributed by atoms with Gasteiger partial charge in [-0.05, 0) is 11.1 Å². The van der Waals surface area contributed by atoms with Crippen molar-refractivity contribution in [2.75, 3.05) is 28.2 Å². The van der Waals surface area contributed by atoms with Crippen LogP contribution in [0.3, 0.4) is 0 Å². The lowest BCUT2D eigenvalue weighted by Gasteiger charge is -2.14. The lowest BCUT2D eigenvalue weighted by molar-refractivity contribution is -0.849. The topological polar surface area (TPSA) is 0 Å². The van der Waals surface area contributed by atoms with Crippen LogP contribution in [-0.2, 0) is 0 Å². The molecule has 17 heavy (non-hydrogen) atoms. The maximum Gasteiger partial charge on any atom is 0.0675 e. The van der Waals surface area contributed by atoms with Gasteiger partial charge in [0.15, 0.2) is 0 Å². The second kappa shape index (κ2) is 6.21. The van der Waals surface area contributed by atoms with E-state index < -0.39 is 0 Å². The lowest BCUT2D eigenvalue weighted by Crippen LogP contribution is -2.27. The zero-order valence-electron chi connectivity index (χ0n) is 11.2. The van der Waals surface area contributed by atoms with Crippen LogP contribution in [0.4, 0.5) is 0 Å². The smallest absolute Gasteiger partial charge is 0.0675 e. The van der Waals surface area contributed by atoms with Crippen molar-refractivity contribution in [1.82, 2.24) is 0 Å². The molecule has 1 nitrogen and oxygen atoms in total. The zero-order chi connectivity index (χ0) is 12.7. The predicted octanol–water partition coefficient (Wildman–Crippen LogP) is 3.68. The summed E-state index contributed by atoms with van der Waals surface area (Å²) >= 11 is 0. The van der Waals surface area contributed by atoms with Crippen molar-refractivity contribution >= 4 is 0 Å². The summed E-state index contributed by atoms with van der Waals surface area (Å²) in [6.45, 7) is 0. The first-order valence-electron chi connectivity index (χ1n) is 5.86. The third kappa shape index (κ3) is 6.54. The van der Waals surface area contributed by atoms with Crippen LogP contribution < -0.4 is 0 Å². The van der Waals surface area contributed by atoms with Crippen LogP contribution in [0, 0.1) is 0 Å². The fraction of sp³-hybridized carbons (Fsp3) is 0.250. The van der Waals surface area contributed by atoms with Crippen molar-refractivity contribution in [3.63, 3.8) is 0 Å². The van der Waals surface area contributed by atoms with Gasteiger partial charge in [-0.1, -0.05) is 60.7 Å². The van der Waals surface area contributed by atoms with Crippen molar-refractivity contribution in [1.29, 1.82) is 0 Å². The standard InChI is InChI=1S/C12H10.C4H12N/c1-3-7-11(8-4-1)12-9-5-2-6-10-12;1-5(2,3)4/h1-10H;1-4H3/q;+1. The molecule has 2 aromatic carbocycles. The largest absolute Gasteiger partial charge is 0.333 e. The van der Waals surface area contributed by atoms with E-state index in [1.807, 2.05) is 12.1 Å². The van der Waals surface area contributed by atoms with E-state index in [0.29, 0.717) is 0 Å². The number of hydrogen-bond acceptors (Lipinski definition) is 0. The average Bonchev–Trinajstić information content (AvgIpc) is 2.29.